The average Bonchev–Trinajstić information content (AvgIpc) is 2.41. The van der Waals surface area contributed by atoms with E-state index in [-0.39, 0.29) is 5.60 Å². The highest BCUT2D eigenvalue weighted by Gasteiger charge is 2.46. The Morgan fingerprint density at radius 1 is 1.46 bits per heavy atom. The largest absolute Gasteiger partial charge is 0.443 e. The monoisotopic (exact) mass is 184 g/mol. The lowest BCUT2D eigenvalue weighted by Gasteiger charge is -2.24. The van der Waals surface area contributed by atoms with Crippen molar-refractivity contribution in [1.82, 2.24) is 5.32 Å². The van der Waals surface area contributed by atoms with Gasteiger partial charge in [-0.15, -0.1) is 0 Å². The maximum absolute atomic E-state index is 10.7. The van der Waals surface area contributed by atoms with Crippen LogP contribution >= 0.6 is 0 Å². The van der Waals surface area contributed by atoms with Crippen molar-refractivity contribution in [3.05, 3.63) is 0 Å². The number of primary amides is 1. The highest BCUT2D eigenvalue weighted by molar-refractivity contribution is 5.65. The standard InChI is InChI=1S/C9H16N2O2/c1-9(13-8(10)12)2-6-4-11-5-7(6)3-9/h6-7,11H,2-5H2,1H3,(H2,10,12)/t6-,7+,9+. The fraction of sp³-hybridized carbons (Fsp3) is 0.889. The lowest BCUT2D eigenvalue weighted by atomic mass is 10.0. The normalized spacial score (nSPS) is 43.2. The lowest BCUT2D eigenvalue weighted by Crippen LogP contribution is -2.33. The second-order valence-corrected chi connectivity index (χ2v) is 4.46. The van der Waals surface area contributed by atoms with E-state index in [0.717, 1.165) is 25.9 Å². The molecule has 3 atom stereocenters. The molecule has 2 aliphatic rings. The van der Waals surface area contributed by atoms with E-state index in [0.29, 0.717) is 11.8 Å². The highest BCUT2D eigenvalue weighted by Crippen LogP contribution is 2.43. The summed E-state index contributed by atoms with van der Waals surface area (Å²) >= 11 is 0. The van der Waals surface area contributed by atoms with E-state index < -0.39 is 6.09 Å². The van der Waals surface area contributed by atoms with E-state index in [4.69, 9.17) is 10.5 Å². The van der Waals surface area contributed by atoms with E-state index in [1.54, 1.807) is 0 Å². The van der Waals surface area contributed by atoms with Crippen LogP contribution < -0.4 is 11.1 Å². The van der Waals surface area contributed by atoms with Gasteiger partial charge in [-0.3, -0.25) is 0 Å². The van der Waals surface area contributed by atoms with Gasteiger partial charge in [0.15, 0.2) is 0 Å². The van der Waals surface area contributed by atoms with Crippen LogP contribution in [0.2, 0.25) is 0 Å². The molecule has 1 saturated carbocycles. The summed E-state index contributed by atoms with van der Waals surface area (Å²) in [5, 5.41) is 3.34. The van der Waals surface area contributed by atoms with Crippen LogP contribution in [0.3, 0.4) is 0 Å². The fourth-order valence-corrected chi connectivity index (χ4v) is 2.78. The van der Waals surface area contributed by atoms with E-state index >= 15 is 0 Å². The summed E-state index contributed by atoms with van der Waals surface area (Å²) in [5.41, 5.74) is 4.73. The number of rotatable bonds is 1. The second kappa shape index (κ2) is 2.87. The van der Waals surface area contributed by atoms with Gasteiger partial charge in [-0.25, -0.2) is 4.79 Å². The first-order valence-corrected chi connectivity index (χ1v) is 4.78. The minimum Gasteiger partial charge on any atom is -0.443 e. The van der Waals surface area contributed by atoms with Crippen molar-refractivity contribution in [2.24, 2.45) is 17.6 Å². The molecule has 0 spiro atoms. The number of nitrogens with two attached hydrogens (primary N) is 1. The molecule has 74 valence electrons. The molecule has 3 N–H and O–H groups in total. The van der Waals surface area contributed by atoms with Crippen LogP contribution in [0.5, 0.6) is 0 Å². The predicted molar refractivity (Wildman–Crippen MR) is 48.2 cm³/mol. The molecule has 0 aromatic rings. The SMILES string of the molecule is C[C@@]1(OC(N)=O)C[C@H]2CNC[C@H]2C1. The van der Waals surface area contributed by atoms with Crippen LogP contribution in [0.4, 0.5) is 4.79 Å². The first-order valence-electron chi connectivity index (χ1n) is 4.78. The zero-order chi connectivity index (χ0) is 9.47. The smallest absolute Gasteiger partial charge is 0.405 e. The number of carbonyl (C=O) groups excluding carboxylic acids is 1. The maximum atomic E-state index is 10.7. The third kappa shape index (κ3) is 1.63. The molecule has 2 rings (SSSR count). The summed E-state index contributed by atoms with van der Waals surface area (Å²) in [4.78, 5) is 10.7. The van der Waals surface area contributed by atoms with Crippen molar-refractivity contribution in [2.45, 2.75) is 25.4 Å². The number of ether oxygens (including phenoxy) is 1. The van der Waals surface area contributed by atoms with Crippen LogP contribution in [-0.4, -0.2) is 24.8 Å². The number of amides is 1. The van der Waals surface area contributed by atoms with Gasteiger partial charge in [-0.1, -0.05) is 0 Å². The molecule has 1 saturated heterocycles. The van der Waals surface area contributed by atoms with Crippen molar-refractivity contribution in [3.8, 4) is 0 Å². The number of fused-ring (bicyclic) bond motifs is 1. The zero-order valence-corrected chi connectivity index (χ0v) is 7.88. The third-order valence-corrected chi connectivity index (χ3v) is 3.21. The van der Waals surface area contributed by atoms with Crippen molar-refractivity contribution < 1.29 is 9.53 Å². The Kier molecular flexibility index (Phi) is 1.95. The lowest BCUT2D eigenvalue weighted by molar-refractivity contribution is 0.0307. The molecule has 0 bridgehead atoms. The Morgan fingerprint density at radius 2 is 2.00 bits per heavy atom. The molecule has 2 fully saturated rings. The Hall–Kier alpha value is -0.770. The van der Waals surface area contributed by atoms with Gasteiger partial charge < -0.3 is 15.8 Å². The Bertz CT molecular complexity index is 218. The molecular weight excluding hydrogens is 168 g/mol. The van der Waals surface area contributed by atoms with Crippen LogP contribution in [0.1, 0.15) is 19.8 Å². The van der Waals surface area contributed by atoms with Gasteiger partial charge in [0.05, 0.1) is 0 Å². The highest BCUT2D eigenvalue weighted by atomic mass is 16.6. The average molecular weight is 184 g/mol. The Morgan fingerprint density at radius 3 is 2.46 bits per heavy atom. The number of hydrogen-bond donors (Lipinski definition) is 2. The predicted octanol–water partition coefficient (Wildman–Crippen LogP) is 0.470. The van der Waals surface area contributed by atoms with Crippen molar-refractivity contribution >= 4 is 6.09 Å². The van der Waals surface area contributed by atoms with Crippen molar-refractivity contribution in [1.29, 1.82) is 0 Å². The fourth-order valence-electron chi connectivity index (χ4n) is 2.78. The quantitative estimate of drug-likeness (QED) is 0.622. The summed E-state index contributed by atoms with van der Waals surface area (Å²) in [6, 6.07) is 0. The van der Waals surface area contributed by atoms with Gasteiger partial charge in [-0.2, -0.15) is 0 Å². The van der Waals surface area contributed by atoms with Crippen molar-refractivity contribution in [2.75, 3.05) is 13.1 Å². The van der Waals surface area contributed by atoms with Crippen LogP contribution in [-0.2, 0) is 4.74 Å². The van der Waals surface area contributed by atoms with Gasteiger partial charge in [-0.05, 0) is 44.7 Å². The van der Waals surface area contributed by atoms with Crippen LogP contribution in [0.15, 0.2) is 0 Å². The molecule has 1 aliphatic heterocycles. The van der Waals surface area contributed by atoms with Crippen molar-refractivity contribution in [3.63, 3.8) is 0 Å². The zero-order valence-electron chi connectivity index (χ0n) is 7.88. The Balaban J connectivity index is 2.00. The molecule has 1 amide bonds. The minimum atomic E-state index is -0.643. The van der Waals surface area contributed by atoms with E-state index in [2.05, 4.69) is 5.32 Å². The summed E-state index contributed by atoms with van der Waals surface area (Å²) < 4.78 is 5.15. The van der Waals surface area contributed by atoms with Gasteiger partial charge in [0.1, 0.15) is 5.60 Å². The van der Waals surface area contributed by atoms with Crippen LogP contribution in [0.25, 0.3) is 0 Å². The summed E-state index contributed by atoms with van der Waals surface area (Å²) in [6.45, 7) is 4.10. The summed E-state index contributed by atoms with van der Waals surface area (Å²) in [5.74, 6) is 1.34. The molecule has 1 aliphatic carbocycles. The topological polar surface area (TPSA) is 64.3 Å². The van der Waals surface area contributed by atoms with Gasteiger partial charge in [0, 0.05) is 0 Å². The molecule has 0 aromatic carbocycles. The van der Waals surface area contributed by atoms with Gasteiger partial charge >= 0.3 is 6.09 Å². The molecule has 1 heterocycles. The minimum absolute atomic E-state index is 0.302. The number of nitrogens with one attached hydrogen (secondary N) is 1. The number of carbonyl (C=O) groups is 1. The van der Waals surface area contributed by atoms with E-state index in [9.17, 15) is 4.79 Å². The van der Waals surface area contributed by atoms with Gasteiger partial charge in [0.2, 0.25) is 0 Å². The molecule has 4 nitrogen and oxygen atoms in total. The van der Waals surface area contributed by atoms with Gasteiger partial charge in [0.25, 0.3) is 0 Å². The first kappa shape index (κ1) is 8.81. The van der Waals surface area contributed by atoms with E-state index in [1.807, 2.05) is 6.92 Å². The third-order valence-electron chi connectivity index (χ3n) is 3.21. The molecule has 13 heavy (non-hydrogen) atoms. The summed E-state index contributed by atoms with van der Waals surface area (Å²) in [6.07, 6.45) is 1.26. The molecular formula is C9H16N2O2. The molecule has 0 aromatic heterocycles. The molecule has 4 heteroatoms. The number of hydrogen-bond acceptors (Lipinski definition) is 3. The maximum Gasteiger partial charge on any atom is 0.405 e. The first-order chi connectivity index (χ1) is 6.09. The van der Waals surface area contributed by atoms with Crippen LogP contribution in [0, 0.1) is 11.8 Å². The second-order valence-electron chi connectivity index (χ2n) is 4.46. The van der Waals surface area contributed by atoms with E-state index in [1.165, 1.54) is 0 Å². The Labute approximate surface area is 77.8 Å². The summed E-state index contributed by atoms with van der Waals surface area (Å²) in [7, 11) is 0. The molecule has 0 unspecified atom stereocenters. The molecule has 0 radical (unpaired) electrons.